The summed E-state index contributed by atoms with van der Waals surface area (Å²) in [5, 5.41) is 15.9. The van der Waals surface area contributed by atoms with Crippen molar-refractivity contribution in [1.82, 2.24) is 9.13 Å². The zero-order valence-electron chi connectivity index (χ0n) is 8.54. The van der Waals surface area contributed by atoms with E-state index in [0.29, 0.717) is 0 Å². The number of rotatable bonds is 1. The Morgan fingerprint density at radius 3 is 2.44 bits per heavy atom. The maximum Gasteiger partial charge on any atom is 0.333 e. The van der Waals surface area contributed by atoms with Gasteiger partial charge in [0.05, 0.1) is 0 Å². The van der Waals surface area contributed by atoms with Gasteiger partial charge in [-0.15, -0.1) is 10.2 Å². The first-order valence-corrected chi connectivity index (χ1v) is 4.47. The van der Waals surface area contributed by atoms with E-state index in [0.717, 1.165) is 9.13 Å². The molecule has 0 amide bonds. The summed E-state index contributed by atoms with van der Waals surface area (Å²) in [5.74, 6) is -0.590. The van der Waals surface area contributed by atoms with Crippen LogP contribution in [0.4, 0.5) is 5.69 Å². The van der Waals surface area contributed by atoms with Crippen molar-refractivity contribution in [3.05, 3.63) is 20.8 Å². The first-order chi connectivity index (χ1) is 7.36. The molecule has 1 aromatic heterocycles. The van der Waals surface area contributed by atoms with E-state index in [4.69, 9.17) is 5.73 Å². The molecule has 3 N–H and O–H groups in total. The Morgan fingerprint density at radius 2 is 1.94 bits per heavy atom. The van der Waals surface area contributed by atoms with Gasteiger partial charge in [0.25, 0.3) is 5.56 Å². The molecular formula is C7H9N5O3S. The van der Waals surface area contributed by atoms with Crippen molar-refractivity contribution in [3.8, 4) is 5.88 Å². The number of nitrogens with two attached hydrogens (primary N) is 1. The highest BCUT2D eigenvalue weighted by Crippen LogP contribution is 2.18. The third-order valence-electron chi connectivity index (χ3n) is 1.86. The van der Waals surface area contributed by atoms with Crippen molar-refractivity contribution in [2.45, 2.75) is 0 Å². The molecule has 0 aromatic carbocycles. The fourth-order valence-electron chi connectivity index (χ4n) is 1.00. The molecule has 0 aliphatic rings. The third kappa shape index (κ3) is 1.98. The molecular weight excluding hydrogens is 234 g/mol. The summed E-state index contributed by atoms with van der Waals surface area (Å²) in [6, 6.07) is 0. The van der Waals surface area contributed by atoms with Crippen LogP contribution in [0, 0.1) is 0 Å². The highest BCUT2D eigenvalue weighted by Gasteiger charge is 2.14. The van der Waals surface area contributed by atoms with Gasteiger partial charge < -0.3 is 10.8 Å². The molecule has 9 heteroatoms. The van der Waals surface area contributed by atoms with Crippen LogP contribution in [0.5, 0.6) is 5.88 Å². The zero-order valence-corrected chi connectivity index (χ0v) is 9.35. The highest BCUT2D eigenvalue weighted by molar-refractivity contribution is 7.80. The van der Waals surface area contributed by atoms with Gasteiger partial charge in [-0.25, -0.2) is 4.79 Å². The van der Waals surface area contributed by atoms with Gasteiger partial charge in [0.1, 0.15) is 0 Å². The van der Waals surface area contributed by atoms with Gasteiger partial charge in [0.15, 0.2) is 0 Å². The summed E-state index contributed by atoms with van der Waals surface area (Å²) in [7, 11) is 2.54. The normalized spacial score (nSPS) is 10.9. The van der Waals surface area contributed by atoms with Crippen LogP contribution in [-0.2, 0) is 14.1 Å². The standard InChI is InChI=1S/C7H9N5O3S/c1-11-4(13)3(9-10-6(8)16)5(14)12(2)7(11)15/h13H,1-2H3,(H2,8,16). The lowest BCUT2D eigenvalue weighted by atomic mass is 10.5. The van der Waals surface area contributed by atoms with Crippen molar-refractivity contribution in [3.63, 3.8) is 0 Å². The molecule has 1 aromatic rings. The van der Waals surface area contributed by atoms with Crippen molar-refractivity contribution in [2.24, 2.45) is 30.1 Å². The molecule has 1 heterocycles. The summed E-state index contributed by atoms with van der Waals surface area (Å²) >= 11 is 4.43. The minimum absolute atomic E-state index is 0.282. The van der Waals surface area contributed by atoms with Gasteiger partial charge in [-0.05, 0) is 12.2 Å². The molecule has 0 fully saturated rings. The van der Waals surface area contributed by atoms with Crippen LogP contribution in [0.2, 0.25) is 0 Å². The van der Waals surface area contributed by atoms with Gasteiger partial charge in [-0.2, -0.15) is 0 Å². The third-order valence-corrected chi connectivity index (χ3v) is 1.94. The van der Waals surface area contributed by atoms with Crippen LogP contribution in [0.15, 0.2) is 19.8 Å². The first kappa shape index (κ1) is 12.0. The maximum absolute atomic E-state index is 11.5. The molecule has 16 heavy (non-hydrogen) atoms. The Hall–Kier alpha value is -2.03. The van der Waals surface area contributed by atoms with Crippen molar-refractivity contribution in [2.75, 3.05) is 0 Å². The van der Waals surface area contributed by atoms with Crippen LogP contribution in [-0.4, -0.2) is 19.4 Å². The summed E-state index contributed by atoms with van der Waals surface area (Å²) in [4.78, 5) is 22.9. The number of azo groups is 1. The summed E-state index contributed by atoms with van der Waals surface area (Å²) < 4.78 is 1.64. The fourth-order valence-corrected chi connectivity index (χ4v) is 1.04. The Labute approximate surface area is 94.6 Å². The molecule has 0 unspecified atom stereocenters. The second-order valence-corrected chi connectivity index (χ2v) is 3.33. The van der Waals surface area contributed by atoms with Gasteiger partial charge in [0, 0.05) is 14.1 Å². The molecule has 1 rings (SSSR count). The van der Waals surface area contributed by atoms with Crippen LogP contribution in [0.25, 0.3) is 0 Å². The number of nitrogens with zero attached hydrogens (tertiary/aromatic N) is 4. The maximum atomic E-state index is 11.5. The molecule has 86 valence electrons. The molecule has 0 saturated heterocycles. The number of aromatic hydroxyl groups is 1. The monoisotopic (exact) mass is 243 g/mol. The molecule has 0 atom stereocenters. The Morgan fingerprint density at radius 1 is 1.38 bits per heavy atom. The van der Waals surface area contributed by atoms with Crippen molar-refractivity contribution >= 4 is 23.0 Å². The van der Waals surface area contributed by atoms with Gasteiger partial charge >= 0.3 is 5.69 Å². The summed E-state index contributed by atoms with van der Waals surface area (Å²) in [5.41, 5.74) is 3.22. The quantitative estimate of drug-likeness (QED) is 0.490. The molecule has 0 aliphatic carbocycles. The van der Waals surface area contributed by atoms with Crippen LogP contribution in [0.3, 0.4) is 0 Å². The summed E-state index contributed by atoms with van der Waals surface area (Å²) in [6.07, 6.45) is 0. The average Bonchev–Trinajstić information content (AvgIpc) is 2.23. The van der Waals surface area contributed by atoms with E-state index in [-0.39, 0.29) is 5.11 Å². The van der Waals surface area contributed by atoms with Crippen molar-refractivity contribution in [1.29, 1.82) is 0 Å². The largest absolute Gasteiger partial charge is 0.493 e. The van der Waals surface area contributed by atoms with Crippen LogP contribution < -0.4 is 17.0 Å². The van der Waals surface area contributed by atoms with E-state index in [1.165, 1.54) is 14.1 Å². The molecule has 0 aliphatic heterocycles. The number of aromatic nitrogens is 2. The van der Waals surface area contributed by atoms with Crippen LogP contribution in [0.1, 0.15) is 0 Å². The first-order valence-electron chi connectivity index (χ1n) is 4.06. The Bertz CT molecular complexity index is 585. The number of thiocarbonyl (C=S) groups is 1. The number of hydrogen-bond donors (Lipinski definition) is 2. The minimum Gasteiger partial charge on any atom is -0.493 e. The highest BCUT2D eigenvalue weighted by atomic mass is 32.1. The van der Waals surface area contributed by atoms with E-state index >= 15 is 0 Å². The van der Waals surface area contributed by atoms with E-state index in [9.17, 15) is 14.7 Å². The van der Waals surface area contributed by atoms with E-state index in [2.05, 4.69) is 22.4 Å². The summed E-state index contributed by atoms with van der Waals surface area (Å²) in [6.45, 7) is 0. The Kier molecular flexibility index (Phi) is 3.18. The minimum atomic E-state index is -0.777. The number of hydrogen-bond acceptors (Lipinski definition) is 5. The topological polar surface area (TPSA) is 115 Å². The second kappa shape index (κ2) is 4.23. The Balaban J connectivity index is 3.59. The van der Waals surface area contributed by atoms with Gasteiger partial charge in [-0.3, -0.25) is 13.9 Å². The average molecular weight is 243 g/mol. The predicted molar refractivity (Wildman–Crippen MR) is 59.9 cm³/mol. The smallest absolute Gasteiger partial charge is 0.333 e. The van der Waals surface area contributed by atoms with E-state index in [1.54, 1.807) is 0 Å². The predicted octanol–water partition coefficient (Wildman–Crippen LogP) is -0.883. The zero-order chi connectivity index (χ0) is 12.5. The second-order valence-electron chi connectivity index (χ2n) is 2.92. The molecule has 0 radical (unpaired) electrons. The van der Waals surface area contributed by atoms with Crippen LogP contribution >= 0.6 is 12.2 Å². The van der Waals surface area contributed by atoms with E-state index in [1.807, 2.05) is 0 Å². The van der Waals surface area contributed by atoms with Gasteiger partial charge in [-0.1, -0.05) is 0 Å². The SMILES string of the molecule is Cn1c(O)c(N=NC(N)=S)c(=O)n(C)c1=O. The van der Waals surface area contributed by atoms with Crippen molar-refractivity contribution < 1.29 is 5.11 Å². The lowest BCUT2D eigenvalue weighted by Gasteiger charge is -2.05. The fraction of sp³-hybridized carbons (Fsp3) is 0.286. The molecule has 0 spiro atoms. The lowest BCUT2D eigenvalue weighted by molar-refractivity contribution is 0.413. The molecule has 8 nitrogen and oxygen atoms in total. The molecule has 0 bridgehead atoms. The van der Waals surface area contributed by atoms with Gasteiger partial charge in [0.2, 0.25) is 16.7 Å². The molecule has 0 saturated carbocycles. The van der Waals surface area contributed by atoms with E-state index < -0.39 is 22.8 Å². The lowest BCUT2D eigenvalue weighted by Crippen LogP contribution is -2.36.